The molecular weight excluding hydrogens is 275 g/mol. The van der Waals surface area contributed by atoms with E-state index in [4.69, 9.17) is 0 Å². The van der Waals surface area contributed by atoms with Crippen molar-refractivity contribution in [2.24, 2.45) is 0 Å². The normalized spacial score (nSPS) is 18.2. The van der Waals surface area contributed by atoms with Crippen molar-refractivity contribution in [3.63, 3.8) is 0 Å². The van der Waals surface area contributed by atoms with E-state index >= 15 is 0 Å². The van der Waals surface area contributed by atoms with Crippen LogP contribution in [0.15, 0.2) is 11.6 Å². The zero-order chi connectivity index (χ0) is 8.27. The van der Waals surface area contributed by atoms with E-state index in [-0.39, 0.29) is 68.9 Å². The summed E-state index contributed by atoms with van der Waals surface area (Å²) in [4.78, 5) is 12.3. The zero-order valence-electron chi connectivity index (χ0n) is 7.67. The fourth-order valence-electron chi connectivity index (χ4n) is 1.22. The van der Waals surface area contributed by atoms with Crippen molar-refractivity contribution in [1.82, 2.24) is 4.90 Å². The summed E-state index contributed by atoms with van der Waals surface area (Å²) in [6.07, 6.45) is 2.96. The van der Waals surface area contributed by atoms with Crippen LogP contribution in [0.4, 0.5) is 0 Å². The Morgan fingerprint density at radius 2 is 2.00 bits per heavy atom. The van der Waals surface area contributed by atoms with Crippen LogP contribution < -0.4 is 74.0 Å². The van der Waals surface area contributed by atoms with Gasteiger partial charge in [-0.1, -0.05) is 5.57 Å². The smallest absolute Gasteiger partial charge is 0.545 e. The predicted octanol–water partition coefficient (Wildman–Crippen LogP) is -3.61. The summed E-state index contributed by atoms with van der Waals surface area (Å²) in [7, 11) is 2.04. The van der Waals surface area contributed by atoms with Gasteiger partial charge >= 0.3 is 68.9 Å². The van der Waals surface area contributed by atoms with Crippen LogP contribution in [-0.2, 0) is 4.79 Å². The molecular formula is C8H12CsNO2. The van der Waals surface area contributed by atoms with Crippen LogP contribution >= 0.6 is 0 Å². The van der Waals surface area contributed by atoms with Gasteiger partial charge in [0.2, 0.25) is 0 Å². The molecule has 62 valence electrons. The van der Waals surface area contributed by atoms with E-state index in [0.29, 0.717) is 0 Å². The Hall–Kier alpha value is 1.22. The minimum absolute atomic E-state index is 0. The van der Waals surface area contributed by atoms with Crippen LogP contribution in [-0.4, -0.2) is 31.0 Å². The summed E-state index contributed by atoms with van der Waals surface area (Å²) in [5.41, 5.74) is 1.00. The van der Waals surface area contributed by atoms with Gasteiger partial charge in [0.05, 0.1) is 5.97 Å². The topological polar surface area (TPSA) is 43.4 Å². The molecule has 0 amide bonds. The molecule has 1 aliphatic heterocycles. The standard InChI is InChI=1S/C8H13NO2.Cs/c1-9-4-2-7(3-5-9)6-8(10)11;/h6H,2-5H2,1H3,(H,10,11);/q;+1/p-1. The zero-order valence-corrected chi connectivity index (χ0v) is 13.9. The van der Waals surface area contributed by atoms with Crippen LogP contribution in [0.25, 0.3) is 0 Å². The number of carbonyl (C=O) groups is 1. The van der Waals surface area contributed by atoms with Crippen LogP contribution in [0.3, 0.4) is 0 Å². The number of piperidine rings is 1. The predicted molar refractivity (Wildman–Crippen MR) is 39.8 cm³/mol. The van der Waals surface area contributed by atoms with Gasteiger partial charge in [-0.3, -0.25) is 0 Å². The second-order valence-electron chi connectivity index (χ2n) is 2.92. The van der Waals surface area contributed by atoms with Gasteiger partial charge in [-0.2, -0.15) is 0 Å². The summed E-state index contributed by atoms with van der Waals surface area (Å²) in [6, 6.07) is 0. The first-order valence-electron chi connectivity index (χ1n) is 3.77. The molecule has 1 rings (SSSR count). The number of hydrogen-bond donors (Lipinski definition) is 0. The van der Waals surface area contributed by atoms with Gasteiger partial charge in [0.25, 0.3) is 0 Å². The van der Waals surface area contributed by atoms with Crippen molar-refractivity contribution in [1.29, 1.82) is 0 Å². The summed E-state index contributed by atoms with van der Waals surface area (Å²) >= 11 is 0. The maximum Gasteiger partial charge on any atom is 1.00 e. The fourth-order valence-corrected chi connectivity index (χ4v) is 1.22. The van der Waals surface area contributed by atoms with Gasteiger partial charge in [-0.15, -0.1) is 0 Å². The number of rotatable bonds is 1. The molecule has 0 aliphatic carbocycles. The Balaban J connectivity index is 0.00000121. The second-order valence-corrected chi connectivity index (χ2v) is 2.92. The van der Waals surface area contributed by atoms with Gasteiger partial charge in [0.1, 0.15) is 0 Å². The number of carboxylic acids is 1. The summed E-state index contributed by atoms with van der Waals surface area (Å²) < 4.78 is 0. The maximum atomic E-state index is 10.1. The summed E-state index contributed by atoms with van der Waals surface area (Å²) in [5.74, 6) is -1.07. The van der Waals surface area contributed by atoms with Crippen LogP contribution in [0.1, 0.15) is 12.8 Å². The molecule has 1 aliphatic rings. The molecule has 0 aromatic rings. The average Bonchev–Trinajstić information content (AvgIpc) is 1.93. The Bertz CT molecular complexity index is 181. The molecule has 0 radical (unpaired) electrons. The van der Waals surface area contributed by atoms with E-state index in [9.17, 15) is 9.90 Å². The molecule has 0 atom stereocenters. The van der Waals surface area contributed by atoms with E-state index in [1.54, 1.807) is 0 Å². The van der Waals surface area contributed by atoms with Crippen molar-refractivity contribution in [3.8, 4) is 0 Å². The maximum absolute atomic E-state index is 10.1. The number of hydrogen-bond acceptors (Lipinski definition) is 3. The molecule has 3 nitrogen and oxygen atoms in total. The SMILES string of the molecule is CN1CCC(=CC(=O)[O-])CC1.[Cs+]. The van der Waals surface area contributed by atoms with Crippen LogP contribution in [0.5, 0.6) is 0 Å². The number of likely N-dealkylation sites (tertiary alicyclic amines) is 1. The molecule has 12 heavy (non-hydrogen) atoms. The van der Waals surface area contributed by atoms with Gasteiger partial charge < -0.3 is 14.8 Å². The molecule has 0 spiro atoms. The number of carbonyl (C=O) groups excluding carboxylic acids is 1. The van der Waals surface area contributed by atoms with E-state index < -0.39 is 5.97 Å². The van der Waals surface area contributed by atoms with Crippen molar-refractivity contribution in [3.05, 3.63) is 11.6 Å². The Kier molecular flexibility index (Phi) is 7.32. The summed E-state index contributed by atoms with van der Waals surface area (Å²) in [5, 5.41) is 10.1. The van der Waals surface area contributed by atoms with Gasteiger partial charge in [-0.05, 0) is 26.0 Å². The van der Waals surface area contributed by atoms with Crippen molar-refractivity contribution < 1.29 is 78.8 Å². The second kappa shape index (κ2) is 6.64. The number of aliphatic carboxylic acids is 1. The van der Waals surface area contributed by atoms with Crippen molar-refractivity contribution >= 4 is 5.97 Å². The monoisotopic (exact) mass is 287 g/mol. The minimum Gasteiger partial charge on any atom is -0.545 e. The quantitative estimate of drug-likeness (QED) is 0.468. The number of carboxylic acid groups (broad SMARTS) is 1. The minimum atomic E-state index is -1.07. The molecule has 1 fully saturated rings. The average molecular weight is 287 g/mol. The first-order chi connectivity index (χ1) is 5.18. The fraction of sp³-hybridized carbons (Fsp3) is 0.625. The first-order valence-corrected chi connectivity index (χ1v) is 3.77. The molecule has 0 bridgehead atoms. The third-order valence-corrected chi connectivity index (χ3v) is 1.95. The Morgan fingerprint density at radius 3 is 2.42 bits per heavy atom. The van der Waals surface area contributed by atoms with E-state index in [1.807, 2.05) is 7.05 Å². The van der Waals surface area contributed by atoms with Crippen molar-refractivity contribution in [2.45, 2.75) is 12.8 Å². The van der Waals surface area contributed by atoms with E-state index in [0.717, 1.165) is 31.5 Å². The molecule has 0 aromatic heterocycles. The number of nitrogens with zero attached hydrogens (tertiary/aromatic N) is 1. The Labute approximate surface area is 132 Å². The van der Waals surface area contributed by atoms with Crippen LogP contribution in [0, 0.1) is 0 Å². The molecule has 0 unspecified atom stereocenters. The molecule has 1 saturated heterocycles. The third kappa shape index (κ3) is 5.06. The largest absolute Gasteiger partial charge is 1.00 e. The van der Waals surface area contributed by atoms with Crippen molar-refractivity contribution in [2.75, 3.05) is 20.1 Å². The van der Waals surface area contributed by atoms with E-state index in [1.165, 1.54) is 6.08 Å². The molecule has 0 aromatic carbocycles. The molecule has 0 saturated carbocycles. The molecule has 0 N–H and O–H groups in total. The van der Waals surface area contributed by atoms with Gasteiger partial charge in [0.15, 0.2) is 0 Å². The first kappa shape index (κ1) is 13.2. The third-order valence-electron chi connectivity index (χ3n) is 1.95. The Morgan fingerprint density at radius 1 is 1.50 bits per heavy atom. The molecule has 1 heterocycles. The van der Waals surface area contributed by atoms with Crippen LogP contribution in [0.2, 0.25) is 0 Å². The summed E-state index contributed by atoms with van der Waals surface area (Å²) in [6.45, 7) is 1.91. The van der Waals surface area contributed by atoms with Gasteiger partial charge in [0, 0.05) is 13.1 Å². The van der Waals surface area contributed by atoms with Gasteiger partial charge in [-0.25, -0.2) is 0 Å². The van der Waals surface area contributed by atoms with E-state index in [2.05, 4.69) is 4.90 Å². The molecule has 4 heteroatoms.